The molecular formula is C13H21ClN4O. The van der Waals surface area contributed by atoms with Crippen molar-refractivity contribution < 1.29 is 0 Å². The summed E-state index contributed by atoms with van der Waals surface area (Å²) in [5, 5.41) is 7.74. The molecule has 0 aliphatic carbocycles. The monoisotopic (exact) mass is 284 g/mol. The Morgan fingerprint density at radius 3 is 2.89 bits per heavy atom. The molecule has 0 radical (unpaired) electrons. The zero-order valence-electron chi connectivity index (χ0n) is 11.7. The summed E-state index contributed by atoms with van der Waals surface area (Å²) < 4.78 is 1.40. The Morgan fingerprint density at radius 2 is 2.26 bits per heavy atom. The smallest absolute Gasteiger partial charge is 0.287 e. The van der Waals surface area contributed by atoms with Crippen LogP contribution in [0.4, 0.5) is 5.69 Å². The SMILES string of the molecule is CC(C)n1ncc(NC2CCCN(C)C2)c(Cl)c1=O. The number of nitrogens with zero attached hydrogens (tertiary/aromatic N) is 3. The van der Waals surface area contributed by atoms with Gasteiger partial charge in [0.05, 0.1) is 17.9 Å². The molecule has 1 aromatic rings. The Balaban J connectivity index is 2.17. The maximum absolute atomic E-state index is 12.1. The fourth-order valence-corrected chi connectivity index (χ4v) is 2.61. The van der Waals surface area contributed by atoms with Crippen LogP contribution in [0.15, 0.2) is 11.0 Å². The Hall–Kier alpha value is -1.07. The van der Waals surface area contributed by atoms with Crippen LogP contribution in [0.3, 0.4) is 0 Å². The molecule has 0 amide bonds. The predicted molar refractivity (Wildman–Crippen MR) is 78.0 cm³/mol. The third kappa shape index (κ3) is 3.28. The second-order valence-corrected chi connectivity index (χ2v) is 5.84. The summed E-state index contributed by atoms with van der Waals surface area (Å²) in [4.78, 5) is 14.3. The molecule has 1 fully saturated rings. The van der Waals surface area contributed by atoms with Gasteiger partial charge >= 0.3 is 0 Å². The molecule has 0 spiro atoms. The van der Waals surface area contributed by atoms with E-state index in [0.29, 0.717) is 11.7 Å². The number of aromatic nitrogens is 2. The van der Waals surface area contributed by atoms with Gasteiger partial charge in [0.25, 0.3) is 5.56 Å². The highest BCUT2D eigenvalue weighted by molar-refractivity contribution is 6.32. The molecule has 6 heteroatoms. The van der Waals surface area contributed by atoms with E-state index < -0.39 is 0 Å². The minimum absolute atomic E-state index is 0.0138. The average Bonchev–Trinajstić information content (AvgIpc) is 2.35. The lowest BCUT2D eigenvalue weighted by atomic mass is 10.1. The molecule has 0 aromatic carbocycles. The molecule has 1 atom stereocenters. The van der Waals surface area contributed by atoms with E-state index in [4.69, 9.17) is 11.6 Å². The normalized spacial score (nSPS) is 20.8. The van der Waals surface area contributed by atoms with E-state index in [2.05, 4.69) is 22.4 Å². The van der Waals surface area contributed by atoms with Crippen LogP contribution in [0.2, 0.25) is 5.02 Å². The molecule has 1 saturated heterocycles. The summed E-state index contributed by atoms with van der Waals surface area (Å²) >= 11 is 6.15. The van der Waals surface area contributed by atoms with Crippen LogP contribution in [-0.2, 0) is 0 Å². The van der Waals surface area contributed by atoms with E-state index in [1.807, 2.05) is 13.8 Å². The number of anilines is 1. The minimum Gasteiger partial charge on any atom is -0.378 e. The fourth-order valence-electron chi connectivity index (χ4n) is 2.42. The molecule has 1 N–H and O–H groups in total. The van der Waals surface area contributed by atoms with Crippen molar-refractivity contribution in [3.63, 3.8) is 0 Å². The second kappa shape index (κ2) is 5.92. The van der Waals surface area contributed by atoms with Crippen molar-refractivity contribution in [3.8, 4) is 0 Å². The number of hydrogen-bond donors (Lipinski definition) is 1. The van der Waals surface area contributed by atoms with Gasteiger partial charge < -0.3 is 10.2 Å². The van der Waals surface area contributed by atoms with E-state index in [9.17, 15) is 4.79 Å². The third-order valence-corrected chi connectivity index (χ3v) is 3.78. The number of halogens is 1. The van der Waals surface area contributed by atoms with Crippen molar-refractivity contribution in [1.82, 2.24) is 14.7 Å². The van der Waals surface area contributed by atoms with Gasteiger partial charge in [0, 0.05) is 12.6 Å². The Kier molecular flexibility index (Phi) is 4.47. The van der Waals surface area contributed by atoms with Crippen molar-refractivity contribution in [3.05, 3.63) is 21.6 Å². The van der Waals surface area contributed by atoms with Crippen LogP contribution >= 0.6 is 11.6 Å². The maximum atomic E-state index is 12.1. The summed E-state index contributed by atoms with van der Waals surface area (Å²) in [6, 6.07) is 0.340. The fraction of sp³-hybridized carbons (Fsp3) is 0.692. The van der Waals surface area contributed by atoms with Crippen LogP contribution in [0.25, 0.3) is 0 Å². The molecule has 106 valence electrons. The highest BCUT2D eigenvalue weighted by Gasteiger charge is 2.19. The van der Waals surface area contributed by atoms with Gasteiger partial charge in [-0.15, -0.1) is 0 Å². The van der Waals surface area contributed by atoms with E-state index in [1.54, 1.807) is 6.20 Å². The molecule has 1 unspecified atom stereocenters. The lowest BCUT2D eigenvalue weighted by Gasteiger charge is -2.31. The number of nitrogens with one attached hydrogen (secondary N) is 1. The Labute approximate surface area is 118 Å². The van der Waals surface area contributed by atoms with E-state index in [-0.39, 0.29) is 16.6 Å². The van der Waals surface area contributed by atoms with Gasteiger partial charge in [-0.3, -0.25) is 4.79 Å². The first-order valence-corrected chi connectivity index (χ1v) is 7.09. The van der Waals surface area contributed by atoms with Crippen LogP contribution in [0, 0.1) is 0 Å². The van der Waals surface area contributed by atoms with Crippen molar-refractivity contribution in [2.45, 2.75) is 38.8 Å². The van der Waals surface area contributed by atoms with Crippen LogP contribution in [-0.4, -0.2) is 40.9 Å². The highest BCUT2D eigenvalue weighted by Crippen LogP contribution is 2.20. The number of hydrogen-bond acceptors (Lipinski definition) is 4. The summed E-state index contributed by atoms with van der Waals surface area (Å²) in [5.41, 5.74) is 0.412. The summed E-state index contributed by atoms with van der Waals surface area (Å²) in [6.45, 7) is 5.91. The lowest BCUT2D eigenvalue weighted by molar-refractivity contribution is 0.261. The molecule has 0 saturated carbocycles. The molecule has 5 nitrogen and oxygen atoms in total. The lowest BCUT2D eigenvalue weighted by Crippen LogP contribution is -2.40. The van der Waals surface area contributed by atoms with E-state index in [1.165, 1.54) is 4.68 Å². The standard InChI is InChI=1S/C13H21ClN4O/c1-9(2)18-13(19)12(14)11(7-15-18)16-10-5-4-6-17(3)8-10/h7,9-10,16H,4-6,8H2,1-3H3. The number of piperidine rings is 1. The van der Waals surface area contributed by atoms with Crippen molar-refractivity contribution in [1.29, 1.82) is 0 Å². The summed E-state index contributed by atoms with van der Waals surface area (Å²) in [7, 11) is 2.10. The maximum Gasteiger partial charge on any atom is 0.287 e. The van der Waals surface area contributed by atoms with Crippen molar-refractivity contribution >= 4 is 17.3 Å². The van der Waals surface area contributed by atoms with Crippen LogP contribution in [0.1, 0.15) is 32.7 Å². The quantitative estimate of drug-likeness (QED) is 0.922. The third-order valence-electron chi connectivity index (χ3n) is 3.42. The van der Waals surface area contributed by atoms with Gasteiger partial charge in [-0.25, -0.2) is 4.68 Å². The molecule has 0 bridgehead atoms. The minimum atomic E-state index is -0.231. The van der Waals surface area contributed by atoms with Crippen LogP contribution in [0.5, 0.6) is 0 Å². The molecular weight excluding hydrogens is 264 g/mol. The largest absolute Gasteiger partial charge is 0.378 e. The average molecular weight is 285 g/mol. The Morgan fingerprint density at radius 1 is 1.53 bits per heavy atom. The second-order valence-electron chi connectivity index (χ2n) is 5.46. The van der Waals surface area contributed by atoms with Gasteiger partial charge in [0.2, 0.25) is 0 Å². The molecule has 2 rings (SSSR count). The number of likely N-dealkylation sites (N-methyl/N-ethyl adjacent to an activating group) is 1. The van der Waals surface area contributed by atoms with Crippen LogP contribution < -0.4 is 10.9 Å². The number of likely N-dealkylation sites (tertiary alicyclic amines) is 1. The first-order chi connectivity index (χ1) is 8.99. The first kappa shape index (κ1) is 14.3. The molecule has 1 aromatic heterocycles. The van der Waals surface area contributed by atoms with Gasteiger partial charge in [-0.05, 0) is 40.3 Å². The Bertz CT molecular complexity index is 500. The molecule has 2 heterocycles. The molecule has 1 aliphatic rings. The zero-order chi connectivity index (χ0) is 14.0. The highest BCUT2D eigenvalue weighted by atomic mass is 35.5. The number of rotatable bonds is 3. The summed E-state index contributed by atoms with van der Waals surface area (Å²) in [6.07, 6.45) is 3.90. The summed E-state index contributed by atoms with van der Waals surface area (Å²) in [5.74, 6) is 0. The van der Waals surface area contributed by atoms with E-state index in [0.717, 1.165) is 25.9 Å². The van der Waals surface area contributed by atoms with Gasteiger partial charge in [-0.1, -0.05) is 11.6 Å². The molecule has 19 heavy (non-hydrogen) atoms. The molecule has 1 aliphatic heterocycles. The predicted octanol–water partition coefficient (Wildman–Crippen LogP) is 1.98. The van der Waals surface area contributed by atoms with Crippen molar-refractivity contribution in [2.24, 2.45) is 0 Å². The zero-order valence-corrected chi connectivity index (χ0v) is 12.4. The van der Waals surface area contributed by atoms with Gasteiger partial charge in [0.15, 0.2) is 0 Å². The van der Waals surface area contributed by atoms with Crippen molar-refractivity contribution in [2.75, 3.05) is 25.5 Å². The first-order valence-electron chi connectivity index (χ1n) is 6.71. The topological polar surface area (TPSA) is 50.2 Å². The van der Waals surface area contributed by atoms with Gasteiger partial charge in [0.1, 0.15) is 5.02 Å². The van der Waals surface area contributed by atoms with Gasteiger partial charge in [-0.2, -0.15) is 5.10 Å². The van der Waals surface area contributed by atoms with E-state index >= 15 is 0 Å².